The monoisotopic (exact) mass is 535 g/mol. The minimum Gasteiger partial charge on any atom is -0.505 e. The highest BCUT2D eigenvalue weighted by Gasteiger charge is 2.15. The maximum atomic E-state index is 14.0. The molecular formula is C33H27F2N3O2. The van der Waals surface area contributed by atoms with Crippen LogP contribution in [0.5, 0.6) is 11.5 Å². The van der Waals surface area contributed by atoms with Gasteiger partial charge in [-0.1, -0.05) is 60.7 Å². The third-order valence-corrected chi connectivity index (χ3v) is 6.54. The SMILES string of the molecule is C=CC(C(N)=Nc1ccc(Oc2cccc(F)c2F)cc1C)=C(O)c1cc2c(-c3cccc(C)c3)cccc2[nH]1. The van der Waals surface area contributed by atoms with E-state index in [1.165, 1.54) is 18.2 Å². The van der Waals surface area contributed by atoms with E-state index in [-0.39, 0.29) is 22.9 Å². The van der Waals surface area contributed by atoms with Gasteiger partial charge in [-0.25, -0.2) is 9.38 Å². The minimum atomic E-state index is -1.06. The van der Waals surface area contributed by atoms with E-state index < -0.39 is 11.6 Å². The Kier molecular flexibility index (Phi) is 7.21. The molecule has 0 aliphatic carbocycles. The molecule has 0 saturated carbocycles. The number of aliphatic hydroxyl groups is 1. The number of nitrogens with zero attached hydrogens (tertiary/aromatic N) is 1. The summed E-state index contributed by atoms with van der Waals surface area (Å²) in [6, 6.07) is 24.6. The highest BCUT2D eigenvalue weighted by molar-refractivity contribution is 6.07. The van der Waals surface area contributed by atoms with Crippen LogP contribution in [-0.4, -0.2) is 15.9 Å². The quantitative estimate of drug-likeness (QED) is 0.0844. The number of halogens is 2. The molecule has 5 nitrogen and oxygen atoms in total. The Bertz CT molecular complexity index is 1820. The van der Waals surface area contributed by atoms with Crippen LogP contribution in [0, 0.1) is 25.5 Å². The van der Waals surface area contributed by atoms with Crippen molar-refractivity contribution >= 4 is 28.2 Å². The number of H-pyrrole nitrogens is 1. The molecule has 0 aliphatic rings. The van der Waals surface area contributed by atoms with Gasteiger partial charge in [-0.15, -0.1) is 0 Å². The summed E-state index contributed by atoms with van der Waals surface area (Å²) in [6.07, 6.45) is 1.45. The number of aliphatic hydroxyl groups excluding tert-OH is 1. The van der Waals surface area contributed by atoms with Crippen molar-refractivity contribution in [2.75, 3.05) is 0 Å². The molecule has 4 aromatic carbocycles. The lowest BCUT2D eigenvalue weighted by Crippen LogP contribution is -2.15. The molecule has 0 bridgehead atoms. The van der Waals surface area contributed by atoms with E-state index in [0.29, 0.717) is 22.7 Å². The fourth-order valence-corrected chi connectivity index (χ4v) is 4.51. The van der Waals surface area contributed by atoms with Gasteiger partial charge in [-0.2, -0.15) is 4.39 Å². The van der Waals surface area contributed by atoms with Crippen LogP contribution >= 0.6 is 0 Å². The van der Waals surface area contributed by atoms with E-state index in [0.717, 1.165) is 33.7 Å². The molecule has 40 heavy (non-hydrogen) atoms. The fourth-order valence-electron chi connectivity index (χ4n) is 4.51. The van der Waals surface area contributed by atoms with E-state index in [2.05, 4.69) is 28.7 Å². The number of hydrogen-bond donors (Lipinski definition) is 3. The van der Waals surface area contributed by atoms with E-state index in [1.807, 2.05) is 43.3 Å². The van der Waals surface area contributed by atoms with Crippen LogP contribution in [0.25, 0.3) is 27.8 Å². The Labute approximate surface area is 230 Å². The lowest BCUT2D eigenvalue weighted by Gasteiger charge is -2.10. The number of aliphatic imine (C=N–C) groups is 1. The summed E-state index contributed by atoms with van der Waals surface area (Å²) in [6.45, 7) is 7.65. The van der Waals surface area contributed by atoms with Crippen molar-refractivity contribution < 1.29 is 18.6 Å². The summed E-state index contributed by atoms with van der Waals surface area (Å²) in [5, 5.41) is 12.1. The van der Waals surface area contributed by atoms with Crippen molar-refractivity contribution in [2.45, 2.75) is 13.8 Å². The number of hydrogen-bond acceptors (Lipinski definition) is 3. The molecule has 1 heterocycles. The summed E-state index contributed by atoms with van der Waals surface area (Å²) < 4.78 is 33.0. The minimum absolute atomic E-state index is 0.0537. The second-order valence-corrected chi connectivity index (χ2v) is 9.39. The number of ether oxygens (including phenoxy) is 1. The highest BCUT2D eigenvalue weighted by Crippen LogP contribution is 2.33. The van der Waals surface area contributed by atoms with E-state index in [9.17, 15) is 13.9 Å². The lowest BCUT2D eigenvalue weighted by atomic mass is 10.00. The maximum absolute atomic E-state index is 14.0. The maximum Gasteiger partial charge on any atom is 0.201 e. The smallest absolute Gasteiger partial charge is 0.201 e. The van der Waals surface area contributed by atoms with Crippen LogP contribution in [0.4, 0.5) is 14.5 Å². The molecule has 7 heteroatoms. The van der Waals surface area contributed by atoms with Crippen molar-refractivity contribution in [3.63, 3.8) is 0 Å². The summed E-state index contributed by atoms with van der Waals surface area (Å²) >= 11 is 0. The summed E-state index contributed by atoms with van der Waals surface area (Å²) in [5.41, 5.74) is 12.4. The molecule has 0 aliphatic heterocycles. The Morgan fingerprint density at radius 2 is 1.75 bits per heavy atom. The molecule has 200 valence electrons. The van der Waals surface area contributed by atoms with Gasteiger partial charge in [0.25, 0.3) is 0 Å². The van der Waals surface area contributed by atoms with Crippen molar-refractivity contribution in [1.29, 1.82) is 0 Å². The molecule has 1 aromatic heterocycles. The zero-order chi connectivity index (χ0) is 28.4. The van der Waals surface area contributed by atoms with Crippen LogP contribution in [0.3, 0.4) is 0 Å². The summed E-state index contributed by atoms with van der Waals surface area (Å²) in [5.74, 6) is -2.01. The van der Waals surface area contributed by atoms with Gasteiger partial charge in [0.1, 0.15) is 17.3 Å². The van der Waals surface area contributed by atoms with Gasteiger partial charge in [-0.3, -0.25) is 0 Å². The number of aryl methyl sites for hydroxylation is 2. The summed E-state index contributed by atoms with van der Waals surface area (Å²) in [4.78, 5) is 7.75. The van der Waals surface area contributed by atoms with Crippen LogP contribution in [-0.2, 0) is 0 Å². The number of nitrogens with two attached hydrogens (primary N) is 1. The number of benzene rings is 4. The number of aromatic amines is 1. The molecule has 0 unspecified atom stereocenters. The molecule has 5 aromatic rings. The zero-order valence-corrected chi connectivity index (χ0v) is 22.0. The molecule has 0 spiro atoms. The molecule has 0 amide bonds. The zero-order valence-electron chi connectivity index (χ0n) is 22.0. The van der Waals surface area contributed by atoms with Crippen molar-refractivity contribution in [3.05, 3.63) is 132 Å². The number of fused-ring (bicyclic) bond motifs is 1. The van der Waals surface area contributed by atoms with Gasteiger partial charge in [0.05, 0.1) is 17.0 Å². The van der Waals surface area contributed by atoms with Crippen molar-refractivity contribution in [3.8, 4) is 22.6 Å². The predicted octanol–water partition coefficient (Wildman–Crippen LogP) is 8.67. The average Bonchev–Trinajstić information content (AvgIpc) is 3.38. The average molecular weight is 536 g/mol. The largest absolute Gasteiger partial charge is 0.505 e. The molecule has 4 N–H and O–H groups in total. The Hall–Kier alpha value is -5.17. The van der Waals surface area contributed by atoms with Crippen LogP contribution in [0.2, 0.25) is 0 Å². The van der Waals surface area contributed by atoms with Crippen LogP contribution in [0.1, 0.15) is 16.8 Å². The first-order valence-electron chi connectivity index (χ1n) is 12.6. The third kappa shape index (κ3) is 5.22. The van der Waals surface area contributed by atoms with Crippen molar-refractivity contribution in [2.24, 2.45) is 10.7 Å². The van der Waals surface area contributed by atoms with Gasteiger partial charge >= 0.3 is 0 Å². The topological polar surface area (TPSA) is 83.6 Å². The van der Waals surface area contributed by atoms with Gasteiger partial charge < -0.3 is 20.6 Å². The van der Waals surface area contributed by atoms with Gasteiger partial charge in [0, 0.05) is 10.9 Å². The number of aromatic nitrogens is 1. The standard InChI is InChI=1S/C33H27F2N3O2/c1-4-23(32(39)29-18-25-24(10-6-12-28(25)37-29)21-9-5-8-19(2)16-21)33(36)38-27-15-14-22(17-20(27)3)40-30-13-7-11-26(34)31(30)35/h4-18,37,39H,1H2,2-3H3,(H2,36,38). The second-order valence-electron chi connectivity index (χ2n) is 9.39. The second kappa shape index (κ2) is 10.9. The molecule has 0 fully saturated rings. The van der Waals surface area contributed by atoms with E-state index >= 15 is 0 Å². The highest BCUT2D eigenvalue weighted by atomic mass is 19.2. The van der Waals surface area contributed by atoms with Gasteiger partial charge in [0.2, 0.25) is 5.82 Å². The number of nitrogens with one attached hydrogen (secondary N) is 1. The van der Waals surface area contributed by atoms with Gasteiger partial charge in [0.15, 0.2) is 11.6 Å². The number of amidine groups is 1. The Balaban J connectivity index is 1.47. The Morgan fingerprint density at radius 1 is 0.975 bits per heavy atom. The predicted molar refractivity (Wildman–Crippen MR) is 157 cm³/mol. The first kappa shape index (κ1) is 26.4. The fraction of sp³-hybridized carbons (Fsp3) is 0.0606. The van der Waals surface area contributed by atoms with Crippen LogP contribution in [0.15, 0.2) is 108 Å². The molecule has 0 saturated heterocycles. The lowest BCUT2D eigenvalue weighted by molar-refractivity contribution is 0.416. The third-order valence-electron chi connectivity index (χ3n) is 6.54. The van der Waals surface area contributed by atoms with E-state index in [1.54, 1.807) is 25.1 Å². The molecule has 0 atom stereocenters. The van der Waals surface area contributed by atoms with E-state index in [4.69, 9.17) is 10.5 Å². The first-order chi connectivity index (χ1) is 19.2. The van der Waals surface area contributed by atoms with Crippen LogP contribution < -0.4 is 10.5 Å². The molecule has 0 radical (unpaired) electrons. The number of rotatable bonds is 7. The normalized spacial score (nSPS) is 12.3. The van der Waals surface area contributed by atoms with Gasteiger partial charge in [-0.05, 0) is 73.0 Å². The van der Waals surface area contributed by atoms with Crippen molar-refractivity contribution in [1.82, 2.24) is 4.98 Å². The summed E-state index contributed by atoms with van der Waals surface area (Å²) in [7, 11) is 0. The Morgan fingerprint density at radius 3 is 2.50 bits per heavy atom. The molecular weight excluding hydrogens is 508 g/mol. The first-order valence-corrected chi connectivity index (χ1v) is 12.6. The molecule has 5 rings (SSSR count).